The minimum absolute atomic E-state index is 0.110. The quantitative estimate of drug-likeness (QED) is 0.421. The van der Waals surface area contributed by atoms with E-state index in [0.717, 1.165) is 0 Å². The molecule has 0 saturated carbocycles. The van der Waals surface area contributed by atoms with E-state index < -0.39 is 0 Å². The first-order valence-electron chi connectivity index (χ1n) is 3.15. The van der Waals surface area contributed by atoms with Gasteiger partial charge in [-0.1, -0.05) is 0 Å². The van der Waals surface area contributed by atoms with Gasteiger partial charge in [0.2, 0.25) is 0 Å². The maximum Gasteiger partial charge on any atom is 0.302 e. The molecule has 4 heteroatoms. The van der Waals surface area contributed by atoms with E-state index in [-0.39, 0.29) is 12.1 Å². The highest BCUT2D eigenvalue weighted by atomic mass is 16.5. The van der Waals surface area contributed by atoms with E-state index in [1.54, 1.807) is 6.92 Å². The third-order valence-corrected chi connectivity index (χ3v) is 1.01. The van der Waals surface area contributed by atoms with Crippen LogP contribution >= 0.6 is 0 Å². The van der Waals surface area contributed by atoms with Crippen molar-refractivity contribution in [3.05, 3.63) is 0 Å². The maximum absolute atomic E-state index is 10.3. The van der Waals surface area contributed by atoms with Gasteiger partial charge >= 0.3 is 5.97 Å². The third kappa shape index (κ3) is 5.63. The number of ether oxygens (including phenoxy) is 1. The van der Waals surface area contributed by atoms with Crippen molar-refractivity contribution in [3.8, 4) is 0 Å². The predicted octanol–water partition coefficient (Wildman–Crippen LogP) is 0.428. The summed E-state index contributed by atoms with van der Waals surface area (Å²) >= 11 is 0. The summed E-state index contributed by atoms with van der Waals surface area (Å²) in [7, 11) is 4.77. The van der Waals surface area contributed by atoms with Crippen LogP contribution in [0.4, 0.5) is 0 Å². The van der Waals surface area contributed by atoms with Crippen LogP contribution in [0.1, 0.15) is 20.3 Å². The maximum atomic E-state index is 10.3. The first-order chi connectivity index (χ1) is 4.66. The second kappa shape index (κ2) is 5.29. The number of esters is 1. The van der Waals surface area contributed by atoms with Crippen molar-refractivity contribution in [1.82, 2.24) is 0 Å². The molecule has 0 amide bonds. The Hall–Kier alpha value is -0.505. The van der Waals surface area contributed by atoms with Gasteiger partial charge in [0.15, 0.2) is 0 Å². The molecule has 0 aliphatic heterocycles. The first-order valence-corrected chi connectivity index (χ1v) is 3.15. The molecule has 1 atom stereocenters. The minimum Gasteiger partial charge on any atom is -0.463 e. The zero-order valence-corrected chi connectivity index (χ0v) is 6.29. The van der Waals surface area contributed by atoms with E-state index >= 15 is 0 Å². The minimum atomic E-state index is -0.274. The second-order valence-corrected chi connectivity index (χ2v) is 2.08. The predicted molar refractivity (Wildman–Crippen MR) is 37.6 cm³/mol. The van der Waals surface area contributed by atoms with Gasteiger partial charge in [-0.2, -0.15) is 0 Å². The molecule has 0 N–H and O–H groups in total. The molecular weight excluding hydrogens is 131 g/mol. The topological polar surface area (TPSA) is 35.5 Å². The third-order valence-electron chi connectivity index (χ3n) is 1.01. The molecule has 0 rings (SSSR count). The zero-order chi connectivity index (χ0) is 7.98. The molecule has 0 bridgehead atoms. The average molecular weight is 142 g/mol. The Labute approximate surface area is 62.1 Å². The highest BCUT2D eigenvalue weighted by Gasteiger charge is 2.02. The van der Waals surface area contributed by atoms with Gasteiger partial charge in [0.1, 0.15) is 6.10 Å². The molecule has 0 aromatic carbocycles. The van der Waals surface area contributed by atoms with Crippen LogP contribution < -0.4 is 0 Å². The summed E-state index contributed by atoms with van der Waals surface area (Å²) in [6.45, 7) is 3.58. The summed E-state index contributed by atoms with van der Waals surface area (Å²) in [6.07, 6.45) is 0.525. The highest BCUT2D eigenvalue weighted by molar-refractivity contribution is 5.97. The molecule has 0 aromatic heterocycles. The Morgan fingerprint density at radius 2 is 2.30 bits per heavy atom. The van der Waals surface area contributed by atoms with Crippen LogP contribution in [-0.2, 0) is 14.2 Å². The number of carbonyl (C=O) groups is 1. The summed E-state index contributed by atoms with van der Waals surface area (Å²) < 4.78 is 9.08. The number of hydrogen-bond acceptors (Lipinski definition) is 3. The zero-order valence-electron chi connectivity index (χ0n) is 6.29. The molecule has 0 saturated heterocycles. The van der Waals surface area contributed by atoms with E-state index in [0.29, 0.717) is 13.0 Å². The standard InChI is InChI=1S/C6H11BO3/c1-5(3-4-9-7)10-6(2)8/h5H,3-4H2,1-2H3. The smallest absolute Gasteiger partial charge is 0.302 e. The number of carbonyl (C=O) groups excluding carboxylic acids is 1. The van der Waals surface area contributed by atoms with Crippen molar-refractivity contribution in [2.24, 2.45) is 0 Å². The normalized spacial score (nSPS) is 12.6. The van der Waals surface area contributed by atoms with Gasteiger partial charge in [-0.3, -0.25) is 4.79 Å². The van der Waals surface area contributed by atoms with Crippen molar-refractivity contribution >= 4 is 14.0 Å². The lowest BCUT2D eigenvalue weighted by atomic mass is 10.3. The number of hydrogen-bond donors (Lipinski definition) is 0. The van der Waals surface area contributed by atoms with E-state index in [9.17, 15) is 4.79 Å². The lowest BCUT2D eigenvalue weighted by Crippen LogP contribution is -2.14. The molecule has 1 unspecified atom stereocenters. The molecule has 0 aromatic rings. The van der Waals surface area contributed by atoms with Gasteiger partial charge in [-0.15, -0.1) is 0 Å². The van der Waals surface area contributed by atoms with Crippen molar-refractivity contribution < 1.29 is 14.2 Å². The molecule has 10 heavy (non-hydrogen) atoms. The van der Waals surface area contributed by atoms with Gasteiger partial charge < -0.3 is 9.39 Å². The summed E-state index contributed by atoms with van der Waals surface area (Å²) in [5, 5.41) is 0. The van der Waals surface area contributed by atoms with E-state index in [2.05, 4.69) is 4.65 Å². The van der Waals surface area contributed by atoms with E-state index in [1.807, 2.05) is 0 Å². The molecule has 0 heterocycles. The first kappa shape index (κ1) is 9.49. The summed E-state index contributed by atoms with van der Waals surface area (Å²) in [5.41, 5.74) is 0. The van der Waals surface area contributed by atoms with Crippen LogP contribution in [0, 0.1) is 0 Å². The van der Waals surface area contributed by atoms with E-state index in [1.165, 1.54) is 6.92 Å². The van der Waals surface area contributed by atoms with Crippen LogP contribution in [0.5, 0.6) is 0 Å². The molecular formula is C6H11BO3. The lowest BCUT2D eigenvalue weighted by molar-refractivity contribution is -0.145. The van der Waals surface area contributed by atoms with Gasteiger partial charge in [0.25, 0.3) is 8.05 Å². The molecule has 0 spiro atoms. The highest BCUT2D eigenvalue weighted by Crippen LogP contribution is 1.96. The summed E-state index contributed by atoms with van der Waals surface area (Å²) in [5.74, 6) is -0.274. The molecule has 0 aliphatic rings. The van der Waals surface area contributed by atoms with Gasteiger partial charge in [0.05, 0.1) is 0 Å². The van der Waals surface area contributed by atoms with Crippen LogP contribution in [0.15, 0.2) is 0 Å². The Balaban J connectivity index is 3.25. The van der Waals surface area contributed by atoms with Crippen molar-refractivity contribution in [2.45, 2.75) is 26.4 Å². The summed E-state index contributed by atoms with van der Waals surface area (Å²) in [6, 6.07) is 0. The van der Waals surface area contributed by atoms with Crippen LogP contribution in [0.3, 0.4) is 0 Å². The van der Waals surface area contributed by atoms with Crippen molar-refractivity contribution in [2.75, 3.05) is 6.61 Å². The fourth-order valence-corrected chi connectivity index (χ4v) is 0.576. The fourth-order valence-electron chi connectivity index (χ4n) is 0.576. The summed E-state index contributed by atoms with van der Waals surface area (Å²) in [4.78, 5) is 10.3. The molecule has 0 aliphatic carbocycles. The fraction of sp³-hybridized carbons (Fsp3) is 0.833. The Morgan fingerprint density at radius 1 is 1.70 bits per heavy atom. The van der Waals surface area contributed by atoms with Gasteiger partial charge in [-0.05, 0) is 6.92 Å². The monoisotopic (exact) mass is 142 g/mol. The van der Waals surface area contributed by atoms with Gasteiger partial charge in [-0.25, -0.2) is 0 Å². The van der Waals surface area contributed by atoms with Gasteiger partial charge in [0, 0.05) is 20.0 Å². The molecule has 2 radical (unpaired) electrons. The lowest BCUT2D eigenvalue weighted by Gasteiger charge is -2.10. The van der Waals surface area contributed by atoms with Crippen LogP contribution in [-0.4, -0.2) is 26.7 Å². The van der Waals surface area contributed by atoms with Crippen LogP contribution in [0.2, 0.25) is 0 Å². The molecule has 56 valence electrons. The largest absolute Gasteiger partial charge is 0.463 e. The number of rotatable bonds is 4. The SMILES string of the molecule is [B]OCCC(C)OC(C)=O. The Kier molecular flexibility index (Phi) is 5.03. The molecule has 0 fully saturated rings. The van der Waals surface area contributed by atoms with Crippen molar-refractivity contribution in [3.63, 3.8) is 0 Å². The van der Waals surface area contributed by atoms with Crippen LogP contribution in [0.25, 0.3) is 0 Å². The average Bonchev–Trinajstić information content (AvgIpc) is 1.82. The van der Waals surface area contributed by atoms with E-state index in [4.69, 9.17) is 12.8 Å². The molecule has 3 nitrogen and oxygen atoms in total. The van der Waals surface area contributed by atoms with Crippen molar-refractivity contribution in [1.29, 1.82) is 0 Å². The Morgan fingerprint density at radius 3 is 2.70 bits per heavy atom. The second-order valence-electron chi connectivity index (χ2n) is 2.08. The Bertz CT molecular complexity index is 105.